The smallest absolute Gasteiger partial charge is 0.227 e. The van der Waals surface area contributed by atoms with Crippen molar-refractivity contribution in [1.82, 2.24) is 4.98 Å². The Morgan fingerprint density at radius 3 is 1.68 bits per heavy atom. The molecule has 10 aromatic rings. The fourth-order valence-corrected chi connectivity index (χ4v) is 8.89. The lowest BCUT2D eigenvalue weighted by molar-refractivity contribution is 0.654. The number of benzene rings is 6. The van der Waals surface area contributed by atoms with E-state index in [0.29, 0.717) is 5.71 Å². The van der Waals surface area contributed by atoms with Crippen molar-refractivity contribution in [3.8, 4) is 0 Å². The first-order chi connectivity index (χ1) is 21.8. The number of pyridine rings is 1. The largest absolute Gasteiger partial charge is 0.438 e. The van der Waals surface area contributed by atoms with Crippen molar-refractivity contribution in [3.05, 3.63) is 134 Å². The predicted octanol–water partition coefficient (Wildman–Crippen LogP) is 12.3. The lowest BCUT2D eigenvalue weighted by Crippen LogP contribution is -2.10. The van der Waals surface area contributed by atoms with Crippen LogP contribution < -0.4 is 4.90 Å². The van der Waals surface area contributed by atoms with E-state index >= 15 is 0 Å². The minimum absolute atomic E-state index is 0.652. The summed E-state index contributed by atoms with van der Waals surface area (Å²) in [6.45, 7) is 0. The second-order valence-corrected chi connectivity index (χ2v) is 13.4. The van der Waals surface area contributed by atoms with E-state index in [2.05, 4.69) is 132 Å². The van der Waals surface area contributed by atoms with Gasteiger partial charge in [0, 0.05) is 57.1 Å². The average molecular weight is 599 g/mol. The van der Waals surface area contributed by atoms with Crippen molar-refractivity contribution >= 4 is 113 Å². The van der Waals surface area contributed by atoms with Gasteiger partial charge in [0.2, 0.25) is 5.71 Å². The van der Waals surface area contributed by atoms with E-state index in [1.807, 2.05) is 28.9 Å². The highest BCUT2D eigenvalue weighted by atomic mass is 32.1. The van der Waals surface area contributed by atoms with Gasteiger partial charge in [-0.15, -0.1) is 22.7 Å². The van der Waals surface area contributed by atoms with Gasteiger partial charge in [0.1, 0.15) is 5.58 Å². The number of hydrogen-bond acceptors (Lipinski definition) is 5. The van der Waals surface area contributed by atoms with E-state index in [9.17, 15) is 0 Å². The SMILES string of the molecule is c1ccc2cc3c(cc2c1)oc1ncc(N(c2ccc4c(c2)sc2ccccc24)c2ccc4c(c2)sc2ccccc24)cc13. The summed E-state index contributed by atoms with van der Waals surface area (Å²) in [5.41, 5.74) is 4.70. The molecule has 0 amide bonds. The molecule has 0 fully saturated rings. The number of anilines is 3. The molecule has 0 aliphatic carbocycles. The molecule has 206 valence electrons. The topological polar surface area (TPSA) is 29.3 Å². The predicted molar refractivity (Wildman–Crippen MR) is 189 cm³/mol. The first-order valence-electron chi connectivity index (χ1n) is 14.6. The molecule has 4 aromatic heterocycles. The van der Waals surface area contributed by atoms with Crippen LogP contribution in [-0.2, 0) is 0 Å². The summed E-state index contributed by atoms with van der Waals surface area (Å²) < 4.78 is 11.4. The molecule has 3 nitrogen and oxygen atoms in total. The summed E-state index contributed by atoms with van der Waals surface area (Å²) in [6.07, 6.45) is 1.94. The van der Waals surface area contributed by atoms with Crippen molar-refractivity contribution in [2.75, 3.05) is 4.90 Å². The van der Waals surface area contributed by atoms with Gasteiger partial charge in [-0.25, -0.2) is 4.98 Å². The van der Waals surface area contributed by atoms with Crippen LogP contribution in [0.3, 0.4) is 0 Å². The second-order valence-electron chi connectivity index (χ2n) is 11.2. The molecule has 0 unspecified atom stereocenters. The first kappa shape index (κ1) is 24.2. The third-order valence-corrected chi connectivity index (χ3v) is 10.9. The van der Waals surface area contributed by atoms with E-state index in [-0.39, 0.29) is 0 Å². The zero-order valence-corrected chi connectivity index (χ0v) is 25.0. The van der Waals surface area contributed by atoms with Crippen molar-refractivity contribution in [1.29, 1.82) is 0 Å². The highest BCUT2D eigenvalue weighted by Gasteiger charge is 2.19. The van der Waals surface area contributed by atoms with Gasteiger partial charge in [0.15, 0.2) is 0 Å². The third kappa shape index (κ3) is 3.57. The summed E-state index contributed by atoms with van der Waals surface area (Å²) in [6, 6.07) is 45.9. The number of furan rings is 1. The van der Waals surface area contributed by atoms with Crippen molar-refractivity contribution in [3.63, 3.8) is 0 Å². The maximum Gasteiger partial charge on any atom is 0.227 e. The summed E-state index contributed by atoms with van der Waals surface area (Å²) in [7, 11) is 0. The number of fused-ring (bicyclic) bond motifs is 10. The van der Waals surface area contributed by atoms with Crippen molar-refractivity contribution < 1.29 is 4.42 Å². The molecule has 6 aromatic carbocycles. The Morgan fingerprint density at radius 1 is 0.455 bits per heavy atom. The third-order valence-electron chi connectivity index (χ3n) is 8.68. The van der Waals surface area contributed by atoms with Gasteiger partial charge in [0.25, 0.3) is 0 Å². The number of aromatic nitrogens is 1. The molecule has 0 spiro atoms. The Balaban J connectivity index is 1.22. The van der Waals surface area contributed by atoms with Gasteiger partial charge < -0.3 is 9.32 Å². The average Bonchev–Trinajstić information content (AvgIpc) is 3.74. The van der Waals surface area contributed by atoms with Gasteiger partial charge in [-0.1, -0.05) is 72.8 Å². The molecular formula is C39H22N2OS2. The van der Waals surface area contributed by atoms with Crippen LogP contribution in [0.1, 0.15) is 0 Å². The van der Waals surface area contributed by atoms with Gasteiger partial charge in [-0.3, -0.25) is 0 Å². The van der Waals surface area contributed by atoms with Crippen LogP contribution in [0, 0.1) is 0 Å². The quantitative estimate of drug-likeness (QED) is 0.203. The van der Waals surface area contributed by atoms with E-state index in [1.165, 1.54) is 45.7 Å². The fourth-order valence-electron chi connectivity index (χ4n) is 6.61. The normalized spacial score (nSPS) is 12.1. The lowest BCUT2D eigenvalue weighted by atomic mass is 10.1. The van der Waals surface area contributed by atoms with Crippen LogP contribution in [-0.4, -0.2) is 4.98 Å². The molecule has 10 rings (SSSR count). The lowest BCUT2D eigenvalue weighted by Gasteiger charge is -2.25. The molecule has 44 heavy (non-hydrogen) atoms. The summed E-state index contributed by atoms with van der Waals surface area (Å²) >= 11 is 3.68. The van der Waals surface area contributed by atoms with Crippen molar-refractivity contribution in [2.24, 2.45) is 0 Å². The molecule has 0 atom stereocenters. The van der Waals surface area contributed by atoms with Crippen LogP contribution in [0.5, 0.6) is 0 Å². The highest BCUT2D eigenvalue weighted by molar-refractivity contribution is 7.26. The molecule has 4 heterocycles. The van der Waals surface area contributed by atoms with Crippen LogP contribution in [0.25, 0.3) is 73.2 Å². The standard InChI is InChI=1S/C39H22N2OS2/c1-2-8-24-18-34-32(17-23(24)7-1)33-19-27(22-40-39(33)42-34)41(25-13-15-30-28-9-3-5-11-35(28)43-37(30)20-25)26-14-16-31-29-10-4-6-12-36(29)44-38(31)21-26/h1-22H. The minimum atomic E-state index is 0.652. The Morgan fingerprint density at radius 2 is 1.02 bits per heavy atom. The monoisotopic (exact) mass is 598 g/mol. The summed E-state index contributed by atoms with van der Waals surface area (Å²) in [4.78, 5) is 7.21. The zero-order valence-electron chi connectivity index (χ0n) is 23.3. The molecule has 5 heteroatoms. The fraction of sp³-hybridized carbons (Fsp3) is 0. The van der Waals surface area contributed by atoms with E-state index < -0.39 is 0 Å². The second kappa shape index (κ2) is 9.13. The van der Waals surface area contributed by atoms with Gasteiger partial charge in [-0.05, 0) is 65.4 Å². The molecule has 0 radical (unpaired) electrons. The minimum Gasteiger partial charge on any atom is -0.438 e. The molecule has 0 aliphatic heterocycles. The summed E-state index contributed by atoms with van der Waals surface area (Å²) in [5.74, 6) is 0. The number of hydrogen-bond donors (Lipinski definition) is 0. The molecule has 0 bridgehead atoms. The summed E-state index contributed by atoms with van der Waals surface area (Å²) in [5, 5.41) is 9.62. The number of nitrogens with zero attached hydrogens (tertiary/aromatic N) is 2. The van der Waals surface area contributed by atoms with E-state index in [1.54, 1.807) is 0 Å². The van der Waals surface area contributed by atoms with Crippen molar-refractivity contribution in [2.45, 2.75) is 0 Å². The van der Waals surface area contributed by atoms with E-state index in [0.717, 1.165) is 38.8 Å². The highest BCUT2D eigenvalue weighted by Crippen LogP contribution is 2.44. The molecule has 0 aliphatic rings. The number of thiophene rings is 2. The first-order valence-corrected chi connectivity index (χ1v) is 16.2. The molecule has 0 saturated heterocycles. The van der Waals surface area contributed by atoms with Crippen LogP contribution >= 0.6 is 22.7 Å². The zero-order chi connectivity index (χ0) is 28.8. The maximum absolute atomic E-state index is 6.26. The molecular weight excluding hydrogens is 577 g/mol. The van der Waals surface area contributed by atoms with Gasteiger partial charge in [-0.2, -0.15) is 0 Å². The van der Waals surface area contributed by atoms with E-state index in [4.69, 9.17) is 9.40 Å². The Kier molecular flexibility index (Phi) is 5.03. The van der Waals surface area contributed by atoms with Crippen LogP contribution in [0.15, 0.2) is 138 Å². The van der Waals surface area contributed by atoms with Crippen LogP contribution in [0.2, 0.25) is 0 Å². The Hall–Kier alpha value is -5.23. The number of rotatable bonds is 3. The molecule has 0 N–H and O–H groups in total. The molecule has 0 saturated carbocycles. The van der Waals surface area contributed by atoms with Gasteiger partial charge >= 0.3 is 0 Å². The maximum atomic E-state index is 6.26. The Labute approximate surface area is 259 Å². The van der Waals surface area contributed by atoms with Gasteiger partial charge in [0.05, 0.1) is 17.3 Å². The Bertz CT molecular complexity index is 2640. The van der Waals surface area contributed by atoms with Crippen LogP contribution in [0.4, 0.5) is 17.1 Å².